The number of ether oxygens (including phenoxy) is 1. The topological polar surface area (TPSA) is 38.5 Å². The van der Waals surface area contributed by atoms with Crippen molar-refractivity contribution >= 4 is 11.6 Å². The molecule has 2 N–H and O–H groups in total. The van der Waals surface area contributed by atoms with Crippen molar-refractivity contribution in [2.75, 3.05) is 20.2 Å². The van der Waals surface area contributed by atoms with Crippen molar-refractivity contribution in [1.29, 1.82) is 0 Å². The van der Waals surface area contributed by atoms with Crippen LogP contribution in [0.2, 0.25) is 5.02 Å². The molecule has 1 saturated heterocycles. The van der Waals surface area contributed by atoms with Crippen LogP contribution in [0.15, 0.2) is 18.2 Å². The number of methoxy groups -OCH3 is 1. The van der Waals surface area contributed by atoms with E-state index in [2.05, 4.69) is 11.8 Å². The van der Waals surface area contributed by atoms with Crippen molar-refractivity contribution in [3.63, 3.8) is 0 Å². The number of halogens is 1. The van der Waals surface area contributed by atoms with E-state index in [1.165, 1.54) is 25.7 Å². The van der Waals surface area contributed by atoms with Crippen LogP contribution in [0.3, 0.4) is 0 Å². The fraction of sp³-hybridized carbons (Fsp3) is 0.625. The Hall–Kier alpha value is -0.770. The first kappa shape index (κ1) is 15.6. The maximum atomic E-state index is 6.43. The first-order valence-electron chi connectivity index (χ1n) is 7.47. The smallest absolute Gasteiger partial charge is 0.125 e. The average molecular weight is 297 g/mol. The minimum atomic E-state index is 0.131. The summed E-state index contributed by atoms with van der Waals surface area (Å²) in [6.45, 7) is 3.93. The van der Waals surface area contributed by atoms with E-state index < -0.39 is 0 Å². The third-order valence-electron chi connectivity index (χ3n) is 4.29. The van der Waals surface area contributed by atoms with Gasteiger partial charge in [0, 0.05) is 23.2 Å². The molecule has 4 heteroatoms. The van der Waals surface area contributed by atoms with Gasteiger partial charge in [-0.25, -0.2) is 0 Å². The highest BCUT2D eigenvalue weighted by molar-refractivity contribution is 6.31. The number of nitrogens with two attached hydrogens (primary N) is 1. The van der Waals surface area contributed by atoms with Gasteiger partial charge in [0.25, 0.3) is 0 Å². The molecule has 2 rings (SSSR count). The molecule has 20 heavy (non-hydrogen) atoms. The van der Waals surface area contributed by atoms with E-state index in [-0.39, 0.29) is 6.04 Å². The fourth-order valence-corrected chi connectivity index (χ4v) is 3.49. The van der Waals surface area contributed by atoms with Crippen LogP contribution >= 0.6 is 11.6 Å². The largest absolute Gasteiger partial charge is 0.496 e. The van der Waals surface area contributed by atoms with Crippen LogP contribution in [0, 0.1) is 0 Å². The number of hydrogen-bond acceptors (Lipinski definition) is 3. The molecule has 1 aliphatic heterocycles. The molecule has 1 aromatic carbocycles. The predicted molar refractivity (Wildman–Crippen MR) is 84.4 cm³/mol. The summed E-state index contributed by atoms with van der Waals surface area (Å²) in [5.41, 5.74) is 7.12. The molecule has 2 atom stereocenters. The van der Waals surface area contributed by atoms with Crippen molar-refractivity contribution in [3.8, 4) is 5.75 Å². The lowest BCUT2D eigenvalue weighted by Gasteiger charge is -2.36. The van der Waals surface area contributed by atoms with Gasteiger partial charge in [0.15, 0.2) is 0 Å². The van der Waals surface area contributed by atoms with E-state index in [0.29, 0.717) is 12.6 Å². The maximum absolute atomic E-state index is 6.43. The average Bonchev–Trinajstić information content (AvgIpc) is 2.66. The van der Waals surface area contributed by atoms with E-state index in [1.54, 1.807) is 7.11 Å². The van der Waals surface area contributed by atoms with Crippen LogP contribution in [-0.2, 0) is 0 Å². The standard InChI is InChI=1S/C16H25ClN2O/c1-12-7-4-3-5-10-19(12)14(11-18)16-13(17)8-6-9-15(16)20-2/h6,8-9,12,14H,3-5,7,10-11,18H2,1-2H3. The lowest BCUT2D eigenvalue weighted by molar-refractivity contribution is 0.148. The third-order valence-corrected chi connectivity index (χ3v) is 4.62. The van der Waals surface area contributed by atoms with E-state index in [1.807, 2.05) is 18.2 Å². The lowest BCUT2D eigenvalue weighted by atomic mass is 10.0. The van der Waals surface area contributed by atoms with Crippen molar-refractivity contribution in [2.45, 2.75) is 44.7 Å². The van der Waals surface area contributed by atoms with Gasteiger partial charge in [-0.05, 0) is 38.4 Å². The minimum Gasteiger partial charge on any atom is -0.496 e. The second kappa shape index (κ2) is 7.30. The quantitative estimate of drug-likeness (QED) is 0.922. The van der Waals surface area contributed by atoms with Crippen LogP contribution in [0.25, 0.3) is 0 Å². The molecule has 1 heterocycles. The zero-order chi connectivity index (χ0) is 14.5. The summed E-state index contributed by atoms with van der Waals surface area (Å²) < 4.78 is 5.50. The molecule has 1 aromatic rings. The van der Waals surface area contributed by atoms with Gasteiger partial charge >= 0.3 is 0 Å². The molecule has 3 nitrogen and oxygen atoms in total. The van der Waals surface area contributed by atoms with Crippen molar-refractivity contribution in [1.82, 2.24) is 4.90 Å². The van der Waals surface area contributed by atoms with Gasteiger partial charge in [0.05, 0.1) is 13.2 Å². The van der Waals surface area contributed by atoms with Crippen LogP contribution < -0.4 is 10.5 Å². The summed E-state index contributed by atoms with van der Waals surface area (Å²) >= 11 is 6.43. The van der Waals surface area contributed by atoms with Crippen LogP contribution in [-0.4, -0.2) is 31.1 Å². The molecule has 112 valence electrons. The molecule has 2 unspecified atom stereocenters. The fourth-order valence-electron chi connectivity index (χ4n) is 3.20. The Morgan fingerprint density at radius 1 is 1.40 bits per heavy atom. The van der Waals surface area contributed by atoms with Crippen LogP contribution in [0.5, 0.6) is 5.75 Å². The highest BCUT2D eigenvalue weighted by Gasteiger charge is 2.28. The normalized spacial score (nSPS) is 22.3. The Morgan fingerprint density at radius 2 is 2.20 bits per heavy atom. The zero-order valence-electron chi connectivity index (χ0n) is 12.4. The van der Waals surface area contributed by atoms with E-state index in [9.17, 15) is 0 Å². The van der Waals surface area contributed by atoms with E-state index >= 15 is 0 Å². The van der Waals surface area contributed by atoms with Gasteiger partial charge in [0.2, 0.25) is 0 Å². The first-order chi connectivity index (χ1) is 9.69. The van der Waals surface area contributed by atoms with Crippen LogP contribution in [0.1, 0.15) is 44.2 Å². The number of nitrogens with zero attached hydrogens (tertiary/aromatic N) is 1. The van der Waals surface area contributed by atoms with E-state index in [0.717, 1.165) is 22.9 Å². The highest BCUT2D eigenvalue weighted by Crippen LogP contribution is 2.37. The van der Waals surface area contributed by atoms with Gasteiger partial charge < -0.3 is 10.5 Å². The summed E-state index contributed by atoms with van der Waals surface area (Å²) in [5.74, 6) is 0.837. The van der Waals surface area contributed by atoms with Crippen LogP contribution in [0.4, 0.5) is 0 Å². The summed E-state index contributed by atoms with van der Waals surface area (Å²) in [5, 5.41) is 0.747. The van der Waals surface area contributed by atoms with Gasteiger partial charge in [-0.2, -0.15) is 0 Å². The second-order valence-corrected chi connectivity index (χ2v) is 5.95. The Labute approximate surface area is 127 Å². The first-order valence-corrected chi connectivity index (χ1v) is 7.85. The summed E-state index contributed by atoms with van der Waals surface area (Å²) in [7, 11) is 1.69. The SMILES string of the molecule is COc1cccc(Cl)c1C(CN)N1CCCCCC1C. The summed E-state index contributed by atoms with van der Waals surface area (Å²) in [6.07, 6.45) is 5.06. The minimum absolute atomic E-state index is 0.131. The predicted octanol–water partition coefficient (Wildman–Crippen LogP) is 3.61. The monoisotopic (exact) mass is 296 g/mol. The van der Waals surface area contributed by atoms with Crippen molar-refractivity contribution in [2.24, 2.45) is 5.73 Å². The Morgan fingerprint density at radius 3 is 2.90 bits per heavy atom. The van der Waals surface area contributed by atoms with Crippen molar-refractivity contribution in [3.05, 3.63) is 28.8 Å². The summed E-state index contributed by atoms with van der Waals surface area (Å²) in [6, 6.07) is 6.47. The van der Waals surface area contributed by atoms with Gasteiger partial charge in [-0.1, -0.05) is 30.5 Å². The number of rotatable bonds is 4. The zero-order valence-corrected chi connectivity index (χ0v) is 13.2. The van der Waals surface area contributed by atoms with E-state index in [4.69, 9.17) is 22.1 Å². The maximum Gasteiger partial charge on any atom is 0.125 e. The molecule has 0 radical (unpaired) electrons. The second-order valence-electron chi connectivity index (χ2n) is 5.54. The Bertz CT molecular complexity index is 438. The molecule has 1 fully saturated rings. The van der Waals surface area contributed by atoms with Gasteiger partial charge in [0.1, 0.15) is 5.75 Å². The molecule has 0 aliphatic carbocycles. The molecule has 0 bridgehead atoms. The molecule has 1 aliphatic rings. The Balaban J connectivity index is 2.36. The number of benzene rings is 1. The molecular weight excluding hydrogens is 272 g/mol. The molecule has 0 amide bonds. The third kappa shape index (κ3) is 3.27. The molecule has 0 saturated carbocycles. The molecule has 0 aromatic heterocycles. The Kier molecular flexibility index (Phi) is 5.70. The number of hydrogen-bond donors (Lipinski definition) is 1. The lowest BCUT2D eigenvalue weighted by Crippen LogP contribution is -2.40. The van der Waals surface area contributed by atoms with Gasteiger partial charge in [-0.15, -0.1) is 0 Å². The molecular formula is C16H25ClN2O. The highest BCUT2D eigenvalue weighted by atomic mass is 35.5. The summed E-state index contributed by atoms with van der Waals surface area (Å²) in [4.78, 5) is 2.50. The number of likely N-dealkylation sites (tertiary alicyclic amines) is 1. The van der Waals surface area contributed by atoms with Gasteiger partial charge in [-0.3, -0.25) is 4.90 Å². The van der Waals surface area contributed by atoms with Crippen molar-refractivity contribution < 1.29 is 4.74 Å². The molecule has 0 spiro atoms.